The van der Waals surface area contributed by atoms with Gasteiger partial charge in [0, 0.05) is 0 Å². The molecular formula is C11H22N2O2S. The minimum atomic E-state index is -0.641. The van der Waals surface area contributed by atoms with Crippen molar-refractivity contribution in [3.63, 3.8) is 0 Å². The van der Waals surface area contributed by atoms with Crippen LogP contribution in [-0.4, -0.2) is 22.2 Å². The van der Waals surface area contributed by atoms with Crippen LogP contribution in [0.4, 0.5) is 4.79 Å². The summed E-state index contributed by atoms with van der Waals surface area (Å²) in [6.45, 7) is 9.30. The second-order valence-corrected chi connectivity index (χ2v) is 5.22. The van der Waals surface area contributed by atoms with Crippen molar-refractivity contribution in [1.82, 2.24) is 5.32 Å². The van der Waals surface area contributed by atoms with Gasteiger partial charge in [-0.2, -0.15) is 0 Å². The molecule has 0 aliphatic rings. The lowest BCUT2D eigenvalue weighted by Gasteiger charge is -2.32. The van der Waals surface area contributed by atoms with Gasteiger partial charge in [-0.05, 0) is 33.6 Å². The average molecular weight is 246 g/mol. The van der Waals surface area contributed by atoms with Crippen molar-refractivity contribution in [3.8, 4) is 0 Å². The van der Waals surface area contributed by atoms with Crippen LogP contribution in [0.5, 0.6) is 0 Å². The van der Waals surface area contributed by atoms with Crippen LogP contribution in [0.2, 0.25) is 0 Å². The molecule has 0 aliphatic heterocycles. The summed E-state index contributed by atoms with van der Waals surface area (Å²) in [6, 6.07) is 0. The predicted molar refractivity (Wildman–Crippen MR) is 69.5 cm³/mol. The zero-order chi connectivity index (χ0) is 13.0. The summed E-state index contributed by atoms with van der Waals surface area (Å²) in [5.41, 5.74) is 4.50. The maximum Gasteiger partial charge on any atom is 0.408 e. The molecule has 1 amide bonds. The van der Waals surface area contributed by atoms with Gasteiger partial charge in [0.05, 0.1) is 10.5 Å². The number of thiocarbonyl (C=S) groups is 1. The van der Waals surface area contributed by atoms with Crippen LogP contribution in [0.15, 0.2) is 0 Å². The molecular weight excluding hydrogens is 224 g/mol. The van der Waals surface area contributed by atoms with E-state index in [-0.39, 0.29) is 0 Å². The minimum absolute atomic E-state index is 0.295. The first-order chi connectivity index (χ1) is 7.17. The summed E-state index contributed by atoms with van der Waals surface area (Å²) >= 11 is 4.99. The van der Waals surface area contributed by atoms with E-state index in [0.717, 1.165) is 0 Å². The lowest BCUT2D eigenvalue weighted by Crippen LogP contribution is -2.56. The molecule has 16 heavy (non-hydrogen) atoms. The molecule has 0 unspecified atom stereocenters. The van der Waals surface area contributed by atoms with E-state index >= 15 is 0 Å². The highest BCUT2D eigenvalue weighted by Crippen LogP contribution is 2.17. The van der Waals surface area contributed by atoms with Crippen LogP contribution in [0, 0.1) is 0 Å². The third-order valence-corrected chi connectivity index (χ3v) is 2.81. The van der Waals surface area contributed by atoms with Gasteiger partial charge in [0.1, 0.15) is 5.60 Å². The Labute approximate surface area is 103 Å². The van der Waals surface area contributed by atoms with Crippen molar-refractivity contribution in [2.75, 3.05) is 0 Å². The number of ether oxygens (including phenoxy) is 1. The topological polar surface area (TPSA) is 64.3 Å². The third-order valence-electron chi connectivity index (χ3n) is 2.42. The molecule has 0 aromatic rings. The number of carbonyl (C=O) groups excluding carboxylic acids is 1. The Balaban J connectivity index is 4.66. The fourth-order valence-electron chi connectivity index (χ4n) is 1.34. The molecule has 0 fully saturated rings. The number of hydrogen-bond acceptors (Lipinski definition) is 3. The molecule has 0 aromatic heterocycles. The van der Waals surface area contributed by atoms with Crippen molar-refractivity contribution >= 4 is 23.3 Å². The monoisotopic (exact) mass is 246 g/mol. The van der Waals surface area contributed by atoms with Crippen LogP contribution in [0.1, 0.15) is 47.5 Å². The Hall–Kier alpha value is -0.840. The van der Waals surface area contributed by atoms with Crippen LogP contribution in [0.3, 0.4) is 0 Å². The number of nitrogens with two attached hydrogens (primary N) is 1. The molecule has 4 nitrogen and oxygen atoms in total. The number of rotatable bonds is 4. The molecule has 0 aliphatic carbocycles. The fraction of sp³-hybridized carbons (Fsp3) is 0.818. The summed E-state index contributed by atoms with van der Waals surface area (Å²) in [7, 11) is 0. The Morgan fingerprint density at radius 3 is 2.00 bits per heavy atom. The van der Waals surface area contributed by atoms with Crippen molar-refractivity contribution in [2.45, 2.75) is 58.6 Å². The van der Waals surface area contributed by atoms with Crippen molar-refractivity contribution in [2.24, 2.45) is 5.73 Å². The highest BCUT2D eigenvalue weighted by Gasteiger charge is 2.33. The Morgan fingerprint density at radius 1 is 1.31 bits per heavy atom. The number of amides is 1. The van der Waals surface area contributed by atoms with Crippen molar-refractivity contribution in [1.29, 1.82) is 0 Å². The molecule has 0 saturated heterocycles. The van der Waals surface area contributed by atoms with Crippen LogP contribution in [0.25, 0.3) is 0 Å². The van der Waals surface area contributed by atoms with E-state index in [1.807, 2.05) is 34.6 Å². The standard InChI is InChI=1S/C11H22N2O2S/c1-6-11(7-2,8(12)16)13-9(14)15-10(3,4)5/h6-7H2,1-5H3,(H2,12,16)(H,13,14). The quantitative estimate of drug-likeness (QED) is 0.747. The normalized spacial score (nSPS) is 12.1. The van der Waals surface area contributed by atoms with Gasteiger partial charge in [0.2, 0.25) is 0 Å². The molecule has 0 aromatic carbocycles. The molecule has 0 saturated carbocycles. The number of alkyl carbamates (subject to hydrolysis) is 1. The molecule has 0 bridgehead atoms. The zero-order valence-corrected chi connectivity index (χ0v) is 11.5. The van der Waals surface area contributed by atoms with E-state index in [0.29, 0.717) is 17.8 Å². The van der Waals surface area contributed by atoms with E-state index in [1.54, 1.807) is 0 Å². The molecule has 94 valence electrons. The largest absolute Gasteiger partial charge is 0.444 e. The Bertz CT molecular complexity index is 268. The van der Waals surface area contributed by atoms with Crippen LogP contribution < -0.4 is 11.1 Å². The second-order valence-electron chi connectivity index (χ2n) is 4.78. The van der Waals surface area contributed by atoms with Gasteiger partial charge in [-0.15, -0.1) is 0 Å². The third kappa shape index (κ3) is 4.35. The van der Waals surface area contributed by atoms with Gasteiger partial charge >= 0.3 is 6.09 Å². The van der Waals surface area contributed by atoms with Gasteiger partial charge < -0.3 is 15.8 Å². The van der Waals surface area contributed by atoms with E-state index < -0.39 is 17.2 Å². The summed E-state index contributed by atoms with van der Waals surface area (Å²) < 4.78 is 5.18. The van der Waals surface area contributed by atoms with Gasteiger partial charge in [0.15, 0.2) is 0 Å². The van der Waals surface area contributed by atoms with Gasteiger partial charge in [-0.3, -0.25) is 0 Å². The van der Waals surface area contributed by atoms with Crippen LogP contribution >= 0.6 is 12.2 Å². The second kappa shape index (κ2) is 5.48. The molecule has 3 N–H and O–H groups in total. The summed E-state index contributed by atoms with van der Waals surface area (Å²) in [4.78, 5) is 11.9. The SMILES string of the molecule is CCC(CC)(NC(=O)OC(C)(C)C)C(N)=S. The fourth-order valence-corrected chi connectivity index (χ4v) is 1.68. The lowest BCUT2D eigenvalue weighted by molar-refractivity contribution is 0.0481. The van der Waals surface area contributed by atoms with Crippen molar-refractivity contribution in [3.05, 3.63) is 0 Å². The number of carbonyl (C=O) groups is 1. The Morgan fingerprint density at radius 2 is 1.75 bits per heavy atom. The highest BCUT2D eigenvalue weighted by molar-refractivity contribution is 7.80. The maximum absolute atomic E-state index is 11.6. The van der Waals surface area contributed by atoms with E-state index in [9.17, 15) is 4.79 Å². The number of nitrogens with one attached hydrogen (secondary N) is 1. The molecule has 5 heteroatoms. The van der Waals surface area contributed by atoms with E-state index in [1.165, 1.54) is 0 Å². The molecule has 0 rings (SSSR count). The van der Waals surface area contributed by atoms with Gasteiger partial charge in [-0.1, -0.05) is 26.1 Å². The smallest absolute Gasteiger partial charge is 0.408 e. The summed E-state index contributed by atoms with van der Waals surface area (Å²) in [5, 5.41) is 2.76. The summed E-state index contributed by atoms with van der Waals surface area (Å²) in [5.74, 6) is 0. The average Bonchev–Trinajstić information content (AvgIpc) is 2.10. The van der Waals surface area contributed by atoms with Gasteiger partial charge in [-0.25, -0.2) is 4.79 Å². The molecule has 0 atom stereocenters. The van der Waals surface area contributed by atoms with Gasteiger partial charge in [0.25, 0.3) is 0 Å². The zero-order valence-electron chi connectivity index (χ0n) is 10.7. The lowest BCUT2D eigenvalue weighted by atomic mass is 9.93. The molecule has 0 spiro atoms. The van der Waals surface area contributed by atoms with E-state index in [4.69, 9.17) is 22.7 Å². The first kappa shape index (κ1) is 15.2. The first-order valence-electron chi connectivity index (χ1n) is 5.48. The Kier molecular flexibility index (Phi) is 5.19. The van der Waals surface area contributed by atoms with Crippen LogP contribution in [-0.2, 0) is 4.74 Å². The molecule has 0 radical (unpaired) electrons. The van der Waals surface area contributed by atoms with Crippen molar-refractivity contribution < 1.29 is 9.53 Å². The minimum Gasteiger partial charge on any atom is -0.444 e. The molecule has 0 heterocycles. The number of hydrogen-bond donors (Lipinski definition) is 2. The predicted octanol–water partition coefficient (Wildman–Crippen LogP) is 2.36. The van der Waals surface area contributed by atoms with E-state index in [2.05, 4.69) is 5.32 Å². The highest BCUT2D eigenvalue weighted by atomic mass is 32.1. The first-order valence-corrected chi connectivity index (χ1v) is 5.88. The maximum atomic E-state index is 11.6. The summed E-state index contributed by atoms with van der Waals surface area (Å²) in [6.07, 6.45) is 0.819.